The number of hydrogen-bond acceptors (Lipinski definition) is 6. The van der Waals surface area contributed by atoms with Crippen molar-refractivity contribution >= 4 is 11.6 Å². The van der Waals surface area contributed by atoms with Gasteiger partial charge in [-0.2, -0.15) is 4.98 Å². The smallest absolute Gasteiger partial charge is 0.224 e. The summed E-state index contributed by atoms with van der Waals surface area (Å²) in [7, 11) is 0. The lowest BCUT2D eigenvalue weighted by molar-refractivity contribution is -0.117. The maximum atomic E-state index is 12.1. The molecule has 1 fully saturated rings. The number of rotatable bonds is 5. The Bertz CT molecular complexity index is 933. The van der Waals surface area contributed by atoms with E-state index in [0.29, 0.717) is 35.4 Å². The van der Waals surface area contributed by atoms with Gasteiger partial charge in [0.2, 0.25) is 17.6 Å². The van der Waals surface area contributed by atoms with Crippen LogP contribution in [0.2, 0.25) is 0 Å². The van der Waals surface area contributed by atoms with E-state index in [1.54, 1.807) is 25.4 Å². The third kappa shape index (κ3) is 3.61. The summed E-state index contributed by atoms with van der Waals surface area (Å²) < 4.78 is 5.03. The highest BCUT2D eigenvalue weighted by Gasteiger charge is 2.20. The number of hydrogen-bond donors (Lipinski definition) is 1. The van der Waals surface area contributed by atoms with Crippen molar-refractivity contribution in [3.05, 3.63) is 42.5 Å². The van der Waals surface area contributed by atoms with Gasteiger partial charge in [-0.1, -0.05) is 11.6 Å². The third-order valence-corrected chi connectivity index (χ3v) is 4.55. The summed E-state index contributed by atoms with van der Waals surface area (Å²) in [6.45, 7) is 1.75. The van der Waals surface area contributed by atoms with E-state index in [1.165, 1.54) is 6.42 Å². The number of amides is 1. The fourth-order valence-electron chi connectivity index (χ4n) is 2.95. The van der Waals surface area contributed by atoms with E-state index in [9.17, 15) is 4.79 Å². The van der Waals surface area contributed by atoms with Crippen LogP contribution in [-0.4, -0.2) is 26.0 Å². The number of aromatic nitrogens is 4. The van der Waals surface area contributed by atoms with Crippen LogP contribution in [0.1, 0.15) is 31.6 Å². The molecule has 132 valence electrons. The van der Waals surface area contributed by atoms with E-state index in [4.69, 9.17) is 4.52 Å². The van der Waals surface area contributed by atoms with Gasteiger partial charge in [-0.3, -0.25) is 14.8 Å². The fourth-order valence-corrected chi connectivity index (χ4v) is 2.95. The molecule has 3 heterocycles. The van der Waals surface area contributed by atoms with Crippen molar-refractivity contribution in [1.82, 2.24) is 20.1 Å². The third-order valence-electron chi connectivity index (χ3n) is 4.55. The van der Waals surface area contributed by atoms with E-state index in [2.05, 4.69) is 25.4 Å². The molecular weight excluding hydrogens is 330 g/mol. The summed E-state index contributed by atoms with van der Waals surface area (Å²) >= 11 is 0. The van der Waals surface area contributed by atoms with Crippen LogP contribution in [-0.2, 0) is 4.79 Å². The molecule has 0 aliphatic heterocycles. The molecule has 26 heavy (non-hydrogen) atoms. The van der Waals surface area contributed by atoms with E-state index in [1.807, 2.05) is 18.2 Å². The number of anilines is 1. The molecule has 3 aromatic rings. The zero-order chi connectivity index (χ0) is 17.9. The summed E-state index contributed by atoms with van der Waals surface area (Å²) in [6.07, 6.45) is 7.48. The van der Waals surface area contributed by atoms with Gasteiger partial charge < -0.3 is 9.84 Å². The van der Waals surface area contributed by atoms with Crippen molar-refractivity contribution in [2.45, 2.75) is 32.6 Å². The van der Waals surface area contributed by atoms with E-state index in [0.717, 1.165) is 24.1 Å². The molecule has 0 saturated heterocycles. The Labute approximate surface area is 150 Å². The Balaban J connectivity index is 1.53. The molecule has 0 spiro atoms. The normalized spacial score (nSPS) is 14.0. The number of aryl methyl sites for hydroxylation is 1. The van der Waals surface area contributed by atoms with Gasteiger partial charge >= 0.3 is 0 Å². The lowest BCUT2D eigenvalue weighted by Gasteiger charge is -2.24. The van der Waals surface area contributed by atoms with Crippen molar-refractivity contribution in [3.63, 3.8) is 0 Å². The highest BCUT2D eigenvalue weighted by Crippen LogP contribution is 2.30. The van der Waals surface area contributed by atoms with E-state index in [-0.39, 0.29) is 5.91 Å². The molecule has 0 bridgehead atoms. The van der Waals surface area contributed by atoms with Gasteiger partial charge in [-0.25, -0.2) is 0 Å². The van der Waals surface area contributed by atoms with Crippen LogP contribution < -0.4 is 5.32 Å². The molecule has 1 aliphatic rings. The first-order chi connectivity index (χ1) is 12.7. The summed E-state index contributed by atoms with van der Waals surface area (Å²) in [4.78, 5) is 25.1. The second-order valence-electron chi connectivity index (χ2n) is 6.55. The molecule has 3 aromatic heterocycles. The Kier molecular flexibility index (Phi) is 4.43. The predicted octanol–water partition coefficient (Wildman–Crippen LogP) is 3.63. The lowest BCUT2D eigenvalue weighted by atomic mass is 9.83. The maximum Gasteiger partial charge on any atom is 0.224 e. The zero-order valence-corrected chi connectivity index (χ0v) is 14.5. The molecule has 1 N–H and O–H groups in total. The average Bonchev–Trinajstić information content (AvgIpc) is 3.05. The largest absolute Gasteiger partial charge is 0.339 e. The molecule has 7 heteroatoms. The standard InChI is InChI=1S/C19H19N5O2/c1-12-22-19(24-26-12)14-5-7-20-16(10-14)17-11-15(6-8-21-17)23-18(25)9-13-3-2-4-13/h5-8,10-11,13H,2-4,9H2,1H3,(H,21,23,25). The Hall–Kier alpha value is -3.09. The lowest BCUT2D eigenvalue weighted by Crippen LogP contribution is -2.20. The minimum absolute atomic E-state index is 0.0517. The molecule has 1 saturated carbocycles. The van der Waals surface area contributed by atoms with Crippen LogP contribution in [0, 0.1) is 12.8 Å². The second-order valence-corrected chi connectivity index (χ2v) is 6.55. The summed E-state index contributed by atoms with van der Waals surface area (Å²) in [5, 5.41) is 6.88. The molecule has 4 rings (SSSR count). The topological polar surface area (TPSA) is 93.8 Å². The first-order valence-corrected chi connectivity index (χ1v) is 8.70. The van der Waals surface area contributed by atoms with Crippen LogP contribution in [0.15, 0.2) is 41.2 Å². The Morgan fingerprint density at radius 3 is 2.65 bits per heavy atom. The number of pyridine rings is 2. The zero-order valence-electron chi connectivity index (χ0n) is 14.5. The summed E-state index contributed by atoms with van der Waals surface area (Å²) in [5.74, 6) is 1.60. The van der Waals surface area contributed by atoms with Crippen molar-refractivity contribution in [1.29, 1.82) is 0 Å². The monoisotopic (exact) mass is 349 g/mol. The fraction of sp³-hybridized carbons (Fsp3) is 0.316. The van der Waals surface area contributed by atoms with Gasteiger partial charge in [0.05, 0.1) is 11.4 Å². The van der Waals surface area contributed by atoms with Crippen LogP contribution in [0.5, 0.6) is 0 Å². The number of carbonyl (C=O) groups excluding carboxylic acids is 1. The molecule has 1 aliphatic carbocycles. The van der Waals surface area contributed by atoms with E-state index >= 15 is 0 Å². The first-order valence-electron chi connectivity index (χ1n) is 8.70. The average molecular weight is 349 g/mol. The molecule has 0 atom stereocenters. The van der Waals surface area contributed by atoms with Crippen LogP contribution in [0.3, 0.4) is 0 Å². The van der Waals surface area contributed by atoms with Crippen molar-refractivity contribution < 1.29 is 9.32 Å². The minimum Gasteiger partial charge on any atom is -0.339 e. The van der Waals surface area contributed by atoms with Gasteiger partial charge in [0.25, 0.3) is 0 Å². The van der Waals surface area contributed by atoms with Gasteiger partial charge in [0.15, 0.2) is 0 Å². The van der Waals surface area contributed by atoms with Gasteiger partial charge in [0.1, 0.15) is 0 Å². The van der Waals surface area contributed by atoms with Gasteiger partial charge in [-0.15, -0.1) is 0 Å². The molecular formula is C19H19N5O2. The van der Waals surface area contributed by atoms with Crippen molar-refractivity contribution in [2.75, 3.05) is 5.32 Å². The van der Waals surface area contributed by atoms with Gasteiger partial charge in [-0.05, 0) is 43.0 Å². The summed E-state index contributed by atoms with van der Waals surface area (Å²) in [6, 6.07) is 7.28. The maximum absolute atomic E-state index is 12.1. The SMILES string of the molecule is Cc1nc(-c2ccnc(-c3cc(NC(=O)CC4CCC4)ccn3)c2)no1. The Morgan fingerprint density at radius 1 is 1.19 bits per heavy atom. The minimum atomic E-state index is 0.0517. The highest BCUT2D eigenvalue weighted by molar-refractivity contribution is 5.91. The van der Waals surface area contributed by atoms with Crippen LogP contribution in [0.25, 0.3) is 22.8 Å². The predicted molar refractivity (Wildman–Crippen MR) is 96.1 cm³/mol. The van der Waals surface area contributed by atoms with Crippen LogP contribution >= 0.6 is 0 Å². The first kappa shape index (κ1) is 16.4. The molecule has 0 unspecified atom stereocenters. The Morgan fingerprint density at radius 2 is 1.96 bits per heavy atom. The number of carbonyl (C=O) groups is 1. The van der Waals surface area contributed by atoms with Gasteiger partial charge in [0, 0.05) is 37.0 Å². The van der Waals surface area contributed by atoms with E-state index < -0.39 is 0 Å². The molecule has 7 nitrogen and oxygen atoms in total. The highest BCUT2D eigenvalue weighted by atomic mass is 16.5. The second kappa shape index (κ2) is 7.03. The summed E-state index contributed by atoms with van der Waals surface area (Å²) in [5.41, 5.74) is 2.88. The molecule has 1 amide bonds. The molecule has 0 aromatic carbocycles. The quantitative estimate of drug-likeness (QED) is 0.756. The van der Waals surface area contributed by atoms with Crippen LogP contribution in [0.4, 0.5) is 5.69 Å². The number of nitrogens with one attached hydrogen (secondary N) is 1. The van der Waals surface area contributed by atoms with Crippen molar-refractivity contribution in [2.24, 2.45) is 5.92 Å². The molecule has 0 radical (unpaired) electrons. The van der Waals surface area contributed by atoms with Crippen molar-refractivity contribution in [3.8, 4) is 22.8 Å². The number of nitrogens with zero attached hydrogens (tertiary/aromatic N) is 4.